The first-order chi connectivity index (χ1) is 8.18. The van der Waals surface area contributed by atoms with Gasteiger partial charge in [0.15, 0.2) is 5.78 Å². The number of para-hydroxylation sites is 1. The van der Waals surface area contributed by atoms with Gasteiger partial charge in [-0.2, -0.15) is 0 Å². The predicted octanol–water partition coefficient (Wildman–Crippen LogP) is 1.67. The molecule has 0 bridgehead atoms. The Balaban J connectivity index is 2.24. The molecule has 0 aliphatic carbocycles. The van der Waals surface area contributed by atoms with Crippen LogP contribution in [0, 0.1) is 0 Å². The monoisotopic (exact) mass is 227 g/mol. The van der Waals surface area contributed by atoms with Crippen LogP contribution in [0.3, 0.4) is 0 Å². The highest BCUT2D eigenvalue weighted by Gasteiger charge is 2.11. The van der Waals surface area contributed by atoms with E-state index in [1.807, 2.05) is 0 Å². The minimum absolute atomic E-state index is 0.0530. The Labute approximate surface area is 99.3 Å². The van der Waals surface area contributed by atoms with Gasteiger partial charge in [0.05, 0.1) is 0 Å². The molecule has 2 rings (SSSR count). The zero-order valence-corrected chi connectivity index (χ0v) is 9.26. The SMILES string of the molecule is Nc1ccccc1C(=O)Cc1cccnc1N. The van der Waals surface area contributed by atoms with E-state index in [0.717, 1.165) is 5.56 Å². The molecule has 0 saturated carbocycles. The number of hydrogen-bond acceptors (Lipinski definition) is 4. The number of benzene rings is 1. The van der Waals surface area contributed by atoms with Crippen LogP contribution in [0.1, 0.15) is 15.9 Å². The number of nitrogens with two attached hydrogens (primary N) is 2. The average Bonchev–Trinajstić information content (AvgIpc) is 2.32. The van der Waals surface area contributed by atoms with Crippen LogP contribution < -0.4 is 11.5 Å². The Bertz CT molecular complexity index is 552. The van der Waals surface area contributed by atoms with Gasteiger partial charge in [-0.3, -0.25) is 4.79 Å². The second-order valence-corrected chi connectivity index (χ2v) is 3.73. The van der Waals surface area contributed by atoms with Crippen LogP contribution in [-0.4, -0.2) is 10.8 Å². The molecule has 0 unspecified atom stereocenters. The Morgan fingerprint density at radius 2 is 1.88 bits per heavy atom. The first kappa shape index (κ1) is 11.1. The van der Waals surface area contributed by atoms with Gasteiger partial charge in [0.25, 0.3) is 0 Å². The third kappa shape index (κ3) is 2.42. The van der Waals surface area contributed by atoms with Crippen molar-refractivity contribution in [1.29, 1.82) is 0 Å². The van der Waals surface area contributed by atoms with Gasteiger partial charge in [0.2, 0.25) is 0 Å². The second-order valence-electron chi connectivity index (χ2n) is 3.73. The minimum Gasteiger partial charge on any atom is -0.398 e. The molecule has 0 spiro atoms. The summed E-state index contributed by atoms with van der Waals surface area (Å²) in [4.78, 5) is 16.0. The molecular weight excluding hydrogens is 214 g/mol. The summed E-state index contributed by atoms with van der Waals surface area (Å²) in [6, 6.07) is 10.6. The van der Waals surface area contributed by atoms with Crippen molar-refractivity contribution in [3.8, 4) is 0 Å². The van der Waals surface area contributed by atoms with Crippen LogP contribution in [0.2, 0.25) is 0 Å². The molecule has 1 heterocycles. The van der Waals surface area contributed by atoms with Crippen LogP contribution in [0.25, 0.3) is 0 Å². The Morgan fingerprint density at radius 3 is 2.59 bits per heavy atom. The topological polar surface area (TPSA) is 82.0 Å². The van der Waals surface area contributed by atoms with Gasteiger partial charge in [0.1, 0.15) is 5.82 Å². The van der Waals surface area contributed by atoms with Gasteiger partial charge in [-0.05, 0) is 18.2 Å². The van der Waals surface area contributed by atoms with Gasteiger partial charge in [0, 0.05) is 29.4 Å². The van der Waals surface area contributed by atoms with Crippen LogP contribution in [0.4, 0.5) is 11.5 Å². The van der Waals surface area contributed by atoms with Crippen molar-refractivity contribution in [2.45, 2.75) is 6.42 Å². The summed E-state index contributed by atoms with van der Waals surface area (Å²) in [6.45, 7) is 0. The second kappa shape index (κ2) is 4.65. The van der Waals surface area contributed by atoms with Crippen LogP contribution in [-0.2, 0) is 6.42 Å². The summed E-state index contributed by atoms with van der Waals surface area (Å²) >= 11 is 0. The van der Waals surface area contributed by atoms with E-state index in [1.165, 1.54) is 0 Å². The molecule has 4 nitrogen and oxygen atoms in total. The molecule has 1 aromatic heterocycles. The van der Waals surface area contributed by atoms with E-state index in [9.17, 15) is 4.79 Å². The molecular formula is C13H13N3O. The van der Waals surface area contributed by atoms with Crippen molar-refractivity contribution in [1.82, 2.24) is 4.98 Å². The fourth-order valence-electron chi connectivity index (χ4n) is 1.62. The number of ketones is 1. The largest absolute Gasteiger partial charge is 0.398 e. The number of carbonyl (C=O) groups is 1. The number of nitrogens with zero attached hydrogens (tertiary/aromatic N) is 1. The van der Waals surface area contributed by atoms with Gasteiger partial charge in [-0.25, -0.2) is 4.98 Å². The maximum Gasteiger partial charge on any atom is 0.169 e. The quantitative estimate of drug-likeness (QED) is 0.617. The summed E-state index contributed by atoms with van der Waals surface area (Å²) in [5.41, 5.74) is 13.2. The zero-order chi connectivity index (χ0) is 12.3. The number of anilines is 2. The van der Waals surface area contributed by atoms with Crippen molar-refractivity contribution < 1.29 is 4.79 Å². The molecule has 4 heteroatoms. The Hall–Kier alpha value is -2.36. The number of carbonyl (C=O) groups excluding carboxylic acids is 1. The lowest BCUT2D eigenvalue weighted by Gasteiger charge is -2.05. The molecule has 0 aliphatic rings. The fraction of sp³-hybridized carbons (Fsp3) is 0.0769. The van der Waals surface area contributed by atoms with Gasteiger partial charge in [-0.15, -0.1) is 0 Å². The summed E-state index contributed by atoms with van der Waals surface area (Å²) in [5.74, 6) is 0.332. The maximum absolute atomic E-state index is 12.0. The molecule has 0 aliphatic heterocycles. The zero-order valence-electron chi connectivity index (χ0n) is 9.26. The van der Waals surface area contributed by atoms with E-state index in [-0.39, 0.29) is 12.2 Å². The molecule has 4 N–H and O–H groups in total. The van der Waals surface area contributed by atoms with Crippen molar-refractivity contribution in [2.24, 2.45) is 0 Å². The number of Topliss-reactive ketones (excluding diaryl/α,β-unsaturated/α-hetero) is 1. The molecule has 0 saturated heterocycles. The fourth-order valence-corrected chi connectivity index (χ4v) is 1.62. The van der Waals surface area contributed by atoms with Gasteiger partial charge < -0.3 is 11.5 Å². The van der Waals surface area contributed by atoms with Crippen molar-refractivity contribution in [2.75, 3.05) is 11.5 Å². The third-order valence-corrected chi connectivity index (χ3v) is 2.54. The molecule has 86 valence electrons. The molecule has 17 heavy (non-hydrogen) atoms. The molecule has 1 aromatic carbocycles. The molecule has 0 atom stereocenters. The number of rotatable bonds is 3. The van der Waals surface area contributed by atoms with Gasteiger partial charge >= 0.3 is 0 Å². The predicted molar refractivity (Wildman–Crippen MR) is 67.5 cm³/mol. The van der Waals surface area contributed by atoms with E-state index >= 15 is 0 Å². The lowest BCUT2D eigenvalue weighted by molar-refractivity contribution is 0.0994. The molecule has 0 amide bonds. The average molecular weight is 227 g/mol. The normalized spacial score (nSPS) is 10.1. The van der Waals surface area contributed by atoms with Gasteiger partial charge in [-0.1, -0.05) is 18.2 Å². The van der Waals surface area contributed by atoms with E-state index in [0.29, 0.717) is 17.1 Å². The van der Waals surface area contributed by atoms with Crippen molar-refractivity contribution in [3.63, 3.8) is 0 Å². The third-order valence-electron chi connectivity index (χ3n) is 2.54. The standard InChI is InChI=1S/C13H13N3O/c14-11-6-2-1-5-10(11)12(17)8-9-4-3-7-16-13(9)15/h1-7H,8,14H2,(H2,15,16). The highest BCUT2D eigenvalue weighted by molar-refractivity contribution is 6.02. The molecule has 0 fully saturated rings. The van der Waals surface area contributed by atoms with Crippen molar-refractivity contribution >= 4 is 17.3 Å². The maximum atomic E-state index is 12.0. The van der Waals surface area contributed by atoms with E-state index in [4.69, 9.17) is 11.5 Å². The first-order valence-electron chi connectivity index (χ1n) is 5.25. The van der Waals surface area contributed by atoms with E-state index in [2.05, 4.69) is 4.98 Å². The number of nitrogen functional groups attached to an aromatic ring is 2. The summed E-state index contributed by atoms with van der Waals surface area (Å²) in [5, 5.41) is 0. The number of pyridine rings is 1. The van der Waals surface area contributed by atoms with Crippen LogP contribution in [0.5, 0.6) is 0 Å². The van der Waals surface area contributed by atoms with E-state index in [1.54, 1.807) is 42.6 Å². The Morgan fingerprint density at radius 1 is 1.12 bits per heavy atom. The molecule has 0 radical (unpaired) electrons. The number of hydrogen-bond donors (Lipinski definition) is 2. The highest BCUT2D eigenvalue weighted by atomic mass is 16.1. The minimum atomic E-state index is -0.0530. The highest BCUT2D eigenvalue weighted by Crippen LogP contribution is 2.16. The first-order valence-corrected chi connectivity index (χ1v) is 5.25. The summed E-state index contributed by atoms with van der Waals surface area (Å²) < 4.78 is 0. The van der Waals surface area contributed by atoms with Crippen LogP contribution in [0.15, 0.2) is 42.6 Å². The van der Waals surface area contributed by atoms with E-state index < -0.39 is 0 Å². The molecule has 2 aromatic rings. The smallest absolute Gasteiger partial charge is 0.169 e. The van der Waals surface area contributed by atoms with Crippen LogP contribution >= 0.6 is 0 Å². The summed E-state index contributed by atoms with van der Waals surface area (Å²) in [7, 11) is 0. The number of aromatic nitrogens is 1. The lowest BCUT2D eigenvalue weighted by Crippen LogP contribution is -2.09. The lowest BCUT2D eigenvalue weighted by atomic mass is 10.0. The summed E-state index contributed by atoms with van der Waals surface area (Å²) in [6.07, 6.45) is 1.81. The van der Waals surface area contributed by atoms with Crippen molar-refractivity contribution in [3.05, 3.63) is 53.7 Å². The Kier molecular flexibility index (Phi) is 3.05.